The molecule has 20 heavy (non-hydrogen) atoms. The molecule has 1 rings (SSSR count). The lowest BCUT2D eigenvalue weighted by molar-refractivity contribution is -0.140. The van der Waals surface area contributed by atoms with Gasteiger partial charge in [0.2, 0.25) is 18.2 Å². The van der Waals surface area contributed by atoms with E-state index >= 15 is 0 Å². The fraction of sp³-hybridized carbons (Fsp3) is 0.400. The molecule has 1 saturated heterocycles. The third-order valence-corrected chi connectivity index (χ3v) is 3.22. The Labute approximate surface area is 119 Å². The SMILES string of the molecule is C=C(CN(C=O)C1CCC(=O)NC1=O)/C(C)=C\C=C/C. The maximum absolute atomic E-state index is 11.7. The zero-order valence-electron chi connectivity index (χ0n) is 11.9. The number of carbonyl (C=O) groups is 3. The van der Waals surface area contributed by atoms with E-state index in [1.807, 2.05) is 32.1 Å². The van der Waals surface area contributed by atoms with Gasteiger partial charge in [0.05, 0.1) is 0 Å². The summed E-state index contributed by atoms with van der Waals surface area (Å²) in [6.07, 6.45) is 6.92. The molecule has 1 heterocycles. The Morgan fingerprint density at radius 2 is 2.20 bits per heavy atom. The van der Waals surface area contributed by atoms with Gasteiger partial charge >= 0.3 is 0 Å². The quantitative estimate of drug-likeness (QED) is 0.452. The van der Waals surface area contributed by atoms with Crippen molar-refractivity contribution in [3.05, 3.63) is 36.0 Å². The largest absolute Gasteiger partial charge is 0.329 e. The summed E-state index contributed by atoms with van der Waals surface area (Å²) in [6, 6.07) is -0.600. The fourth-order valence-corrected chi connectivity index (χ4v) is 1.92. The molecule has 0 aliphatic carbocycles. The van der Waals surface area contributed by atoms with Crippen LogP contribution in [0.25, 0.3) is 0 Å². The van der Waals surface area contributed by atoms with Gasteiger partial charge in [0.1, 0.15) is 6.04 Å². The summed E-state index contributed by atoms with van der Waals surface area (Å²) in [5.74, 6) is -0.712. The minimum Gasteiger partial charge on any atom is -0.329 e. The molecule has 5 heteroatoms. The van der Waals surface area contributed by atoms with E-state index in [1.54, 1.807) is 0 Å². The van der Waals surface area contributed by atoms with Crippen molar-refractivity contribution >= 4 is 18.2 Å². The number of imide groups is 1. The van der Waals surface area contributed by atoms with Crippen molar-refractivity contribution in [3.63, 3.8) is 0 Å². The molecule has 1 unspecified atom stereocenters. The molecule has 0 aromatic carbocycles. The van der Waals surface area contributed by atoms with Crippen LogP contribution in [-0.4, -0.2) is 35.7 Å². The molecular formula is C15H20N2O3. The normalized spacial score (nSPS) is 19.9. The third-order valence-electron chi connectivity index (χ3n) is 3.22. The summed E-state index contributed by atoms with van der Waals surface area (Å²) in [7, 11) is 0. The number of nitrogens with zero attached hydrogens (tertiary/aromatic N) is 1. The Bertz CT molecular complexity index is 478. The highest BCUT2D eigenvalue weighted by Crippen LogP contribution is 2.15. The van der Waals surface area contributed by atoms with E-state index in [2.05, 4.69) is 11.9 Å². The number of hydrogen-bond donors (Lipinski definition) is 1. The Hall–Kier alpha value is -2.17. The predicted molar refractivity (Wildman–Crippen MR) is 76.7 cm³/mol. The van der Waals surface area contributed by atoms with Crippen molar-refractivity contribution in [3.8, 4) is 0 Å². The van der Waals surface area contributed by atoms with Gasteiger partial charge in [-0.25, -0.2) is 0 Å². The minimum atomic E-state index is -0.600. The van der Waals surface area contributed by atoms with Crippen molar-refractivity contribution in [1.29, 1.82) is 0 Å². The minimum absolute atomic E-state index is 0.251. The number of rotatable bonds is 6. The second-order valence-corrected chi connectivity index (χ2v) is 4.72. The highest BCUT2D eigenvalue weighted by atomic mass is 16.2. The van der Waals surface area contributed by atoms with Gasteiger partial charge in [0.15, 0.2) is 0 Å². The van der Waals surface area contributed by atoms with Gasteiger partial charge in [-0.2, -0.15) is 0 Å². The van der Waals surface area contributed by atoms with E-state index in [9.17, 15) is 14.4 Å². The molecule has 5 nitrogen and oxygen atoms in total. The molecule has 1 aliphatic rings. The molecule has 108 valence electrons. The second-order valence-electron chi connectivity index (χ2n) is 4.72. The van der Waals surface area contributed by atoms with Crippen LogP contribution in [0.15, 0.2) is 36.0 Å². The monoisotopic (exact) mass is 276 g/mol. The van der Waals surface area contributed by atoms with Gasteiger partial charge in [-0.3, -0.25) is 19.7 Å². The zero-order chi connectivity index (χ0) is 15.1. The molecular weight excluding hydrogens is 256 g/mol. The Morgan fingerprint density at radius 3 is 2.75 bits per heavy atom. The zero-order valence-corrected chi connectivity index (χ0v) is 11.9. The van der Waals surface area contributed by atoms with Crippen LogP contribution in [0.2, 0.25) is 0 Å². The van der Waals surface area contributed by atoms with E-state index in [-0.39, 0.29) is 18.9 Å². The first kappa shape index (κ1) is 15.9. The summed E-state index contributed by atoms with van der Waals surface area (Å²) in [5.41, 5.74) is 1.71. The van der Waals surface area contributed by atoms with Crippen LogP contribution in [0.5, 0.6) is 0 Å². The first-order valence-electron chi connectivity index (χ1n) is 6.52. The van der Waals surface area contributed by atoms with Crippen LogP contribution in [0.3, 0.4) is 0 Å². The van der Waals surface area contributed by atoms with Crippen molar-refractivity contribution in [2.24, 2.45) is 0 Å². The molecule has 0 bridgehead atoms. The second kappa shape index (κ2) is 7.43. The molecule has 0 spiro atoms. The summed E-state index contributed by atoms with van der Waals surface area (Å²) in [5, 5.41) is 2.25. The highest BCUT2D eigenvalue weighted by Gasteiger charge is 2.31. The highest BCUT2D eigenvalue weighted by molar-refractivity contribution is 6.00. The fourth-order valence-electron chi connectivity index (χ4n) is 1.92. The van der Waals surface area contributed by atoms with Gasteiger partial charge in [0, 0.05) is 13.0 Å². The Kier molecular flexibility index (Phi) is 5.90. The molecule has 0 aromatic heterocycles. The summed E-state index contributed by atoms with van der Waals surface area (Å²) in [4.78, 5) is 35.4. The Morgan fingerprint density at radius 1 is 1.50 bits per heavy atom. The lowest BCUT2D eigenvalue weighted by Crippen LogP contribution is -2.52. The van der Waals surface area contributed by atoms with E-state index in [1.165, 1.54) is 4.90 Å². The lowest BCUT2D eigenvalue weighted by Gasteiger charge is -2.30. The molecule has 1 atom stereocenters. The van der Waals surface area contributed by atoms with Crippen LogP contribution in [0, 0.1) is 0 Å². The van der Waals surface area contributed by atoms with Crippen molar-refractivity contribution in [2.75, 3.05) is 6.54 Å². The van der Waals surface area contributed by atoms with Crippen LogP contribution >= 0.6 is 0 Å². The molecule has 1 N–H and O–H groups in total. The predicted octanol–water partition coefficient (Wildman–Crippen LogP) is 1.33. The molecule has 3 amide bonds. The maximum atomic E-state index is 11.7. The van der Waals surface area contributed by atoms with E-state index in [4.69, 9.17) is 0 Å². The molecule has 0 aromatic rings. The number of carbonyl (C=O) groups excluding carboxylic acids is 3. The molecule has 0 radical (unpaired) electrons. The number of amides is 3. The average molecular weight is 276 g/mol. The number of piperidine rings is 1. The van der Waals surface area contributed by atoms with E-state index < -0.39 is 11.9 Å². The number of hydrogen-bond acceptors (Lipinski definition) is 3. The van der Waals surface area contributed by atoms with Crippen LogP contribution < -0.4 is 5.32 Å². The van der Waals surface area contributed by atoms with Crippen molar-refractivity contribution in [1.82, 2.24) is 10.2 Å². The van der Waals surface area contributed by atoms with Crippen LogP contribution in [0.1, 0.15) is 26.7 Å². The molecule has 0 saturated carbocycles. The summed E-state index contributed by atoms with van der Waals surface area (Å²) < 4.78 is 0. The summed E-state index contributed by atoms with van der Waals surface area (Å²) >= 11 is 0. The van der Waals surface area contributed by atoms with Crippen LogP contribution in [-0.2, 0) is 14.4 Å². The topological polar surface area (TPSA) is 66.5 Å². The van der Waals surface area contributed by atoms with Crippen molar-refractivity contribution in [2.45, 2.75) is 32.7 Å². The van der Waals surface area contributed by atoms with Gasteiger partial charge in [-0.05, 0) is 31.4 Å². The molecule has 1 fully saturated rings. The van der Waals surface area contributed by atoms with Gasteiger partial charge in [-0.15, -0.1) is 0 Å². The first-order chi connectivity index (χ1) is 9.49. The molecule has 1 aliphatic heterocycles. The van der Waals surface area contributed by atoms with E-state index in [0.29, 0.717) is 12.8 Å². The number of nitrogens with one attached hydrogen (secondary N) is 1. The maximum Gasteiger partial charge on any atom is 0.249 e. The number of allylic oxidation sites excluding steroid dienone is 3. The van der Waals surface area contributed by atoms with Gasteiger partial charge in [0.25, 0.3) is 0 Å². The Balaban J connectivity index is 2.72. The van der Waals surface area contributed by atoms with Crippen LogP contribution in [0.4, 0.5) is 0 Å². The third kappa shape index (κ3) is 4.19. The summed E-state index contributed by atoms with van der Waals surface area (Å²) in [6.45, 7) is 8.01. The van der Waals surface area contributed by atoms with Gasteiger partial charge in [-0.1, -0.05) is 24.8 Å². The first-order valence-corrected chi connectivity index (χ1v) is 6.52. The van der Waals surface area contributed by atoms with Gasteiger partial charge < -0.3 is 4.90 Å². The lowest BCUT2D eigenvalue weighted by atomic mass is 10.0. The smallest absolute Gasteiger partial charge is 0.249 e. The van der Waals surface area contributed by atoms with Crippen molar-refractivity contribution < 1.29 is 14.4 Å². The van der Waals surface area contributed by atoms with E-state index in [0.717, 1.165) is 11.1 Å². The average Bonchev–Trinajstić information content (AvgIpc) is 2.42. The standard InChI is InChI=1S/C15H20N2O3/c1-4-5-6-11(2)12(3)9-17(10-18)13-7-8-14(19)16-15(13)20/h4-6,10,13H,3,7-9H2,1-2H3,(H,16,19,20)/b5-4-,11-6-.